The summed E-state index contributed by atoms with van der Waals surface area (Å²) in [7, 11) is 1.62. The lowest BCUT2D eigenvalue weighted by atomic mass is 9.87. The highest BCUT2D eigenvalue weighted by Gasteiger charge is 2.40. The predicted molar refractivity (Wildman–Crippen MR) is 81.7 cm³/mol. The molecule has 6 nitrogen and oxygen atoms in total. The summed E-state index contributed by atoms with van der Waals surface area (Å²) in [6, 6.07) is 7.92. The standard InChI is InChI=1S/C15H16ClN3O3/c1-3-15(14(21)22,10-4-6-11(16)7-5-10)18-13(20)12-8-9-17-19(12)2/h4-9H,3H2,1-2H3,(H,18,20)(H,21,22). The van der Waals surface area contributed by atoms with E-state index in [0.717, 1.165) is 0 Å². The van der Waals surface area contributed by atoms with Gasteiger partial charge in [0.1, 0.15) is 5.69 Å². The third-order valence-electron chi connectivity index (χ3n) is 3.61. The van der Waals surface area contributed by atoms with Crippen LogP contribution in [0.1, 0.15) is 29.4 Å². The summed E-state index contributed by atoms with van der Waals surface area (Å²) < 4.78 is 1.39. The summed E-state index contributed by atoms with van der Waals surface area (Å²) in [5.74, 6) is -1.63. The van der Waals surface area contributed by atoms with Crippen LogP contribution in [-0.2, 0) is 17.4 Å². The smallest absolute Gasteiger partial charge is 0.334 e. The molecule has 2 rings (SSSR count). The maximum atomic E-state index is 12.4. The van der Waals surface area contributed by atoms with E-state index in [9.17, 15) is 14.7 Å². The van der Waals surface area contributed by atoms with Gasteiger partial charge in [-0.05, 0) is 30.2 Å². The normalized spacial score (nSPS) is 13.4. The maximum absolute atomic E-state index is 12.4. The first kappa shape index (κ1) is 16.0. The molecule has 0 saturated heterocycles. The zero-order valence-corrected chi connectivity index (χ0v) is 13.0. The van der Waals surface area contributed by atoms with E-state index in [-0.39, 0.29) is 12.1 Å². The van der Waals surface area contributed by atoms with Crippen LogP contribution in [0.2, 0.25) is 5.02 Å². The minimum Gasteiger partial charge on any atom is -0.479 e. The molecule has 0 fully saturated rings. The van der Waals surface area contributed by atoms with Crippen LogP contribution in [0.4, 0.5) is 0 Å². The van der Waals surface area contributed by atoms with E-state index in [1.54, 1.807) is 38.2 Å². The number of amides is 1. The van der Waals surface area contributed by atoms with Gasteiger partial charge in [0, 0.05) is 18.3 Å². The van der Waals surface area contributed by atoms with Crippen molar-refractivity contribution in [3.05, 3.63) is 52.8 Å². The molecule has 0 spiro atoms. The van der Waals surface area contributed by atoms with Crippen molar-refractivity contribution >= 4 is 23.5 Å². The molecule has 0 aliphatic heterocycles. The molecule has 0 saturated carbocycles. The Kier molecular flexibility index (Phi) is 4.51. The Morgan fingerprint density at radius 1 is 1.32 bits per heavy atom. The number of hydrogen-bond acceptors (Lipinski definition) is 3. The fourth-order valence-electron chi connectivity index (χ4n) is 2.28. The zero-order chi connectivity index (χ0) is 16.3. The number of nitrogens with one attached hydrogen (secondary N) is 1. The van der Waals surface area contributed by atoms with Crippen molar-refractivity contribution in [3.63, 3.8) is 0 Å². The highest BCUT2D eigenvalue weighted by Crippen LogP contribution is 2.27. The van der Waals surface area contributed by atoms with Crippen LogP contribution in [0.5, 0.6) is 0 Å². The Morgan fingerprint density at radius 3 is 2.41 bits per heavy atom. The van der Waals surface area contributed by atoms with Gasteiger partial charge in [-0.1, -0.05) is 30.7 Å². The Hall–Kier alpha value is -2.34. The van der Waals surface area contributed by atoms with Gasteiger partial charge in [0.25, 0.3) is 5.91 Å². The summed E-state index contributed by atoms with van der Waals surface area (Å²) in [6.45, 7) is 1.70. The van der Waals surface area contributed by atoms with Crippen molar-refractivity contribution in [1.82, 2.24) is 15.1 Å². The Bertz CT molecular complexity index is 696. The average molecular weight is 322 g/mol. The van der Waals surface area contributed by atoms with Crippen LogP contribution in [0.15, 0.2) is 36.5 Å². The van der Waals surface area contributed by atoms with Gasteiger partial charge >= 0.3 is 5.97 Å². The molecule has 2 aromatic rings. The van der Waals surface area contributed by atoms with Crippen LogP contribution >= 0.6 is 11.6 Å². The number of aryl methyl sites for hydroxylation is 1. The Balaban J connectivity index is 2.42. The maximum Gasteiger partial charge on any atom is 0.334 e. The Labute approximate surface area is 132 Å². The number of carboxylic acid groups (broad SMARTS) is 1. The van der Waals surface area contributed by atoms with Gasteiger partial charge in [0.05, 0.1) is 0 Å². The topological polar surface area (TPSA) is 84.2 Å². The molecule has 1 atom stereocenters. The molecule has 22 heavy (non-hydrogen) atoms. The fraction of sp³-hybridized carbons (Fsp3) is 0.267. The second-order valence-electron chi connectivity index (χ2n) is 4.87. The van der Waals surface area contributed by atoms with Gasteiger partial charge in [-0.2, -0.15) is 5.10 Å². The number of carbonyl (C=O) groups is 2. The number of hydrogen-bond donors (Lipinski definition) is 2. The van der Waals surface area contributed by atoms with E-state index in [2.05, 4.69) is 10.4 Å². The third-order valence-corrected chi connectivity index (χ3v) is 3.86. The molecule has 2 N–H and O–H groups in total. The summed E-state index contributed by atoms with van der Waals surface area (Å²) in [6.07, 6.45) is 1.67. The number of halogens is 1. The monoisotopic (exact) mass is 321 g/mol. The second kappa shape index (κ2) is 6.19. The van der Waals surface area contributed by atoms with Crippen molar-refractivity contribution in [2.24, 2.45) is 7.05 Å². The molecule has 0 aliphatic rings. The molecule has 1 heterocycles. The summed E-state index contributed by atoms with van der Waals surface area (Å²) in [4.78, 5) is 24.2. The van der Waals surface area contributed by atoms with Crippen LogP contribution < -0.4 is 5.32 Å². The SMILES string of the molecule is CCC(NC(=O)c1ccnn1C)(C(=O)O)c1ccc(Cl)cc1. The highest BCUT2D eigenvalue weighted by atomic mass is 35.5. The van der Waals surface area contributed by atoms with Crippen LogP contribution in [0.25, 0.3) is 0 Å². The fourth-order valence-corrected chi connectivity index (χ4v) is 2.41. The molecule has 7 heteroatoms. The number of carbonyl (C=O) groups excluding carboxylic acids is 1. The number of carboxylic acids is 1. The minimum atomic E-state index is -1.52. The molecule has 1 unspecified atom stereocenters. The molecular formula is C15H16ClN3O3. The molecule has 116 valence electrons. The number of rotatable bonds is 5. The van der Waals surface area contributed by atoms with Crippen molar-refractivity contribution in [3.8, 4) is 0 Å². The average Bonchev–Trinajstić information content (AvgIpc) is 2.91. The number of aliphatic carboxylic acids is 1. The van der Waals surface area contributed by atoms with E-state index < -0.39 is 17.4 Å². The van der Waals surface area contributed by atoms with Gasteiger partial charge < -0.3 is 10.4 Å². The minimum absolute atomic E-state index is 0.188. The molecular weight excluding hydrogens is 306 g/mol. The molecule has 1 amide bonds. The quantitative estimate of drug-likeness (QED) is 0.884. The number of aromatic nitrogens is 2. The van der Waals surface area contributed by atoms with Crippen molar-refractivity contribution in [2.45, 2.75) is 18.9 Å². The van der Waals surface area contributed by atoms with E-state index in [4.69, 9.17) is 11.6 Å². The molecule has 1 aromatic carbocycles. The third kappa shape index (κ3) is 2.82. The zero-order valence-electron chi connectivity index (χ0n) is 12.2. The van der Waals surface area contributed by atoms with Crippen LogP contribution in [-0.4, -0.2) is 26.8 Å². The lowest BCUT2D eigenvalue weighted by molar-refractivity contribution is -0.145. The van der Waals surface area contributed by atoms with Crippen LogP contribution in [0.3, 0.4) is 0 Å². The first-order chi connectivity index (χ1) is 10.4. The van der Waals surface area contributed by atoms with Crippen LogP contribution in [0, 0.1) is 0 Å². The van der Waals surface area contributed by atoms with E-state index in [1.165, 1.54) is 16.9 Å². The molecule has 0 aliphatic carbocycles. The van der Waals surface area contributed by atoms with E-state index in [1.807, 2.05) is 0 Å². The van der Waals surface area contributed by atoms with Gasteiger partial charge in [-0.15, -0.1) is 0 Å². The summed E-state index contributed by atoms with van der Waals surface area (Å²) in [5.41, 5.74) is -0.776. The predicted octanol–water partition coefficient (Wildman–Crippen LogP) is 2.19. The van der Waals surface area contributed by atoms with Crippen molar-refractivity contribution in [1.29, 1.82) is 0 Å². The lowest BCUT2D eigenvalue weighted by Crippen LogP contribution is -2.51. The van der Waals surface area contributed by atoms with Gasteiger partial charge in [0.2, 0.25) is 0 Å². The largest absolute Gasteiger partial charge is 0.479 e. The Morgan fingerprint density at radius 2 is 1.95 bits per heavy atom. The summed E-state index contributed by atoms with van der Waals surface area (Å²) >= 11 is 5.85. The molecule has 0 bridgehead atoms. The second-order valence-corrected chi connectivity index (χ2v) is 5.30. The molecule has 1 aromatic heterocycles. The lowest BCUT2D eigenvalue weighted by Gasteiger charge is -2.30. The summed E-state index contributed by atoms with van der Waals surface area (Å²) in [5, 5.41) is 16.7. The first-order valence-corrected chi connectivity index (χ1v) is 7.08. The van der Waals surface area contributed by atoms with Gasteiger partial charge in [-0.25, -0.2) is 4.79 Å². The van der Waals surface area contributed by atoms with E-state index >= 15 is 0 Å². The first-order valence-electron chi connectivity index (χ1n) is 6.70. The van der Waals surface area contributed by atoms with Gasteiger partial charge in [0.15, 0.2) is 5.54 Å². The number of benzene rings is 1. The highest BCUT2D eigenvalue weighted by molar-refractivity contribution is 6.30. The van der Waals surface area contributed by atoms with Crippen molar-refractivity contribution in [2.75, 3.05) is 0 Å². The van der Waals surface area contributed by atoms with Crippen molar-refractivity contribution < 1.29 is 14.7 Å². The molecule has 0 radical (unpaired) electrons. The van der Waals surface area contributed by atoms with Gasteiger partial charge in [-0.3, -0.25) is 9.48 Å². The van der Waals surface area contributed by atoms with E-state index in [0.29, 0.717) is 10.6 Å². The number of nitrogens with zero attached hydrogens (tertiary/aromatic N) is 2.